The van der Waals surface area contributed by atoms with E-state index < -0.39 is 17.4 Å². The van der Waals surface area contributed by atoms with Crippen LogP contribution in [0.25, 0.3) is 0 Å². The summed E-state index contributed by atoms with van der Waals surface area (Å²) in [4.78, 5) is 40.0. The minimum Gasteiger partial charge on any atom is -0.480 e. The van der Waals surface area contributed by atoms with Gasteiger partial charge in [-0.2, -0.15) is 0 Å². The van der Waals surface area contributed by atoms with Crippen LogP contribution < -0.4 is 15.5 Å². The molecule has 4 unspecified atom stereocenters. The van der Waals surface area contributed by atoms with Crippen LogP contribution in [0.2, 0.25) is 0 Å². The van der Waals surface area contributed by atoms with E-state index in [2.05, 4.69) is 10.6 Å². The molecule has 1 aliphatic heterocycles. The summed E-state index contributed by atoms with van der Waals surface area (Å²) in [6, 6.07) is 17.2. The average molecular weight is 462 g/mol. The summed E-state index contributed by atoms with van der Waals surface area (Å²) < 4.78 is 0. The Balaban J connectivity index is 1.54. The molecule has 2 aromatic rings. The normalized spacial score (nSPS) is 25.1. The van der Waals surface area contributed by atoms with Gasteiger partial charge in [0.2, 0.25) is 0 Å². The van der Waals surface area contributed by atoms with Crippen molar-refractivity contribution in [2.24, 2.45) is 5.92 Å². The number of aldehydes is 1. The Morgan fingerprint density at radius 3 is 2.47 bits per heavy atom. The molecule has 178 valence electrons. The molecule has 2 fully saturated rings. The lowest BCUT2D eigenvalue weighted by atomic mass is 9.65. The van der Waals surface area contributed by atoms with Crippen molar-refractivity contribution >= 4 is 24.0 Å². The summed E-state index contributed by atoms with van der Waals surface area (Å²) in [5, 5.41) is 16.9. The number of anilines is 1. The predicted octanol–water partition coefficient (Wildman–Crippen LogP) is 3.83. The second-order valence-corrected chi connectivity index (χ2v) is 9.78. The van der Waals surface area contributed by atoms with E-state index in [4.69, 9.17) is 0 Å². The number of amides is 2. The van der Waals surface area contributed by atoms with Crippen LogP contribution in [0.1, 0.15) is 55.6 Å². The Kier molecular flexibility index (Phi) is 6.13. The molecule has 0 spiro atoms. The van der Waals surface area contributed by atoms with Gasteiger partial charge in [0, 0.05) is 36.7 Å². The van der Waals surface area contributed by atoms with Crippen LogP contribution in [0.4, 0.5) is 10.5 Å². The second-order valence-electron chi connectivity index (χ2n) is 9.78. The molecular weight excluding hydrogens is 430 g/mol. The second kappa shape index (κ2) is 9.22. The summed E-state index contributed by atoms with van der Waals surface area (Å²) in [5.41, 5.74) is 1.22. The average Bonchev–Trinajstić information content (AvgIpc) is 3.54. The molecule has 34 heavy (non-hydrogen) atoms. The topological polar surface area (TPSA) is 98.7 Å². The van der Waals surface area contributed by atoms with Gasteiger partial charge >= 0.3 is 12.0 Å². The number of para-hydroxylation sites is 1. The van der Waals surface area contributed by atoms with Crippen molar-refractivity contribution in [3.8, 4) is 0 Å². The molecule has 3 aliphatic rings. The van der Waals surface area contributed by atoms with Gasteiger partial charge in [-0.05, 0) is 48.8 Å². The number of carboxylic acids is 1. The van der Waals surface area contributed by atoms with Gasteiger partial charge in [-0.15, -0.1) is 0 Å². The fraction of sp³-hybridized carbons (Fsp3) is 0.444. The van der Waals surface area contributed by atoms with E-state index in [1.54, 1.807) is 0 Å². The molecule has 5 rings (SSSR count). The van der Waals surface area contributed by atoms with Crippen LogP contribution in [-0.4, -0.2) is 41.0 Å². The fourth-order valence-corrected chi connectivity index (χ4v) is 6.09. The quantitative estimate of drug-likeness (QED) is 0.519. The molecule has 0 bridgehead atoms. The number of nitrogens with one attached hydrogen (secondary N) is 2. The standard InChI is InChI=1S/C27H31N3O4/c31-16-15-27(25(32)33,29-19-13-14-19)24-20-9-4-5-11-22(20)30(23-12-6-10-21(23)24)26(34)28-17-18-7-2-1-3-8-18/h1-5,7-9,11,16,19,21,23-24,29H,6,10,12-15,17H2,(H,28,34)(H,32,33). The molecule has 4 atom stereocenters. The number of urea groups is 1. The highest BCUT2D eigenvalue weighted by Crippen LogP contribution is 2.54. The van der Waals surface area contributed by atoms with Crippen LogP contribution in [0.3, 0.4) is 0 Å². The van der Waals surface area contributed by atoms with Gasteiger partial charge < -0.3 is 15.2 Å². The highest BCUT2D eigenvalue weighted by molar-refractivity contribution is 5.95. The number of carbonyl (C=O) groups excluding carboxylic acids is 2. The van der Waals surface area contributed by atoms with E-state index in [0.717, 1.165) is 55.2 Å². The van der Waals surface area contributed by atoms with Crippen LogP contribution in [0.5, 0.6) is 0 Å². The lowest BCUT2D eigenvalue weighted by Gasteiger charge is -2.49. The Morgan fingerprint density at radius 1 is 1.03 bits per heavy atom. The zero-order valence-electron chi connectivity index (χ0n) is 19.2. The first kappa shape index (κ1) is 22.6. The number of hydrogen-bond acceptors (Lipinski definition) is 4. The molecule has 2 saturated carbocycles. The van der Waals surface area contributed by atoms with Gasteiger partial charge in [-0.3, -0.25) is 15.0 Å². The first-order valence-electron chi connectivity index (χ1n) is 12.2. The van der Waals surface area contributed by atoms with Gasteiger partial charge in [0.1, 0.15) is 11.8 Å². The van der Waals surface area contributed by atoms with E-state index in [0.29, 0.717) is 6.54 Å². The third-order valence-corrected chi connectivity index (χ3v) is 7.68. The van der Waals surface area contributed by atoms with Crippen LogP contribution in [-0.2, 0) is 16.1 Å². The van der Waals surface area contributed by atoms with E-state index in [1.165, 1.54) is 0 Å². The number of benzene rings is 2. The molecule has 1 heterocycles. The van der Waals surface area contributed by atoms with Crippen molar-refractivity contribution in [2.75, 3.05) is 4.90 Å². The van der Waals surface area contributed by atoms with Crippen molar-refractivity contribution in [3.05, 3.63) is 65.7 Å². The van der Waals surface area contributed by atoms with Crippen molar-refractivity contribution in [3.63, 3.8) is 0 Å². The molecule has 0 radical (unpaired) electrons. The van der Waals surface area contributed by atoms with E-state index in [-0.39, 0.29) is 30.5 Å². The van der Waals surface area contributed by atoms with Gasteiger partial charge in [-0.1, -0.05) is 55.0 Å². The predicted molar refractivity (Wildman–Crippen MR) is 129 cm³/mol. The first-order chi connectivity index (χ1) is 16.5. The SMILES string of the molecule is O=CCC(NC1CC1)(C(=O)O)C1c2ccccc2N(C(=O)NCc2ccccc2)C2CCCC21. The monoisotopic (exact) mass is 461 g/mol. The minimum absolute atomic E-state index is 0.0420. The van der Waals surface area contributed by atoms with E-state index >= 15 is 0 Å². The van der Waals surface area contributed by atoms with E-state index in [1.807, 2.05) is 59.5 Å². The number of fused-ring (bicyclic) bond motifs is 2. The zero-order chi connectivity index (χ0) is 23.7. The van der Waals surface area contributed by atoms with Gasteiger partial charge in [0.15, 0.2) is 0 Å². The molecule has 3 N–H and O–H groups in total. The Bertz CT molecular complexity index is 1070. The van der Waals surface area contributed by atoms with Crippen LogP contribution >= 0.6 is 0 Å². The largest absolute Gasteiger partial charge is 0.480 e. The van der Waals surface area contributed by atoms with Crippen molar-refractivity contribution in [2.45, 2.75) is 68.6 Å². The number of carboxylic acid groups (broad SMARTS) is 1. The van der Waals surface area contributed by atoms with Crippen molar-refractivity contribution in [1.29, 1.82) is 0 Å². The summed E-state index contributed by atoms with van der Waals surface area (Å²) in [5.74, 6) is -1.42. The third kappa shape index (κ3) is 3.98. The van der Waals surface area contributed by atoms with Crippen LogP contribution in [0, 0.1) is 5.92 Å². The van der Waals surface area contributed by atoms with Crippen molar-refractivity contribution in [1.82, 2.24) is 10.6 Å². The lowest BCUT2D eigenvalue weighted by Crippen LogP contribution is -2.63. The highest BCUT2D eigenvalue weighted by atomic mass is 16.4. The van der Waals surface area contributed by atoms with E-state index in [9.17, 15) is 19.5 Å². The summed E-state index contributed by atoms with van der Waals surface area (Å²) in [7, 11) is 0. The molecule has 2 amide bonds. The molecule has 2 aromatic carbocycles. The fourth-order valence-electron chi connectivity index (χ4n) is 6.09. The maximum Gasteiger partial charge on any atom is 0.325 e. The summed E-state index contributed by atoms with van der Waals surface area (Å²) in [6.45, 7) is 0.423. The third-order valence-electron chi connectivity index (χ3n) is 7.68. The maximum absolute atomic E-state index is 13.5. The molecule has 7 nitrogen and oxygen atoms in total. The number of rotatable bonds is 8. The van der Waals surface area contributed by atoms with Gasteiger partial charge in [0.05, 0.1) is 0 Å². The highest BCUT2D eigenvalue weighted by Gasteiger charge is 2.58. The number of aliphatic carboxylic acids is 1. The lowest BCUT2D eigenvalue weighted by molar-refractivity contribution is -0.148. The zero-order valence-corrected chi connectivity index (χ0v) is 19.2. The number of carbonyl (C=O) groups is 3. The molecule has 0 aromatic heterocycles. The Hall–Kier alpha value is -3.19. The Labute approximate surface area is 199 Å². The molecule has 0 saturated heterocycles. The first-order valence-corrected chi connectivity index (χ1v) is 12.2. The minimum atomic E-state index is -1.38. The van der Waals surface area contributed by atoms with Crippen LogP contribution in [0.15, 0.2) is 54.6 Å². The van der Waals surface area contributed by atoms with Crippen molar-refractivity contribution < 1.29 is 19.5 Å². The van der Waals surface area contributed by atoms with Gasteiger partial charge in [-0.25, -0.2) is 4.79 Å². The smallest absolute Gasteiger partial charge is 0.325 e. The maximum atomic E-state index is 13.5. The molecule has 2 aliphatic carbocycles. The molecule has 7 heteroatoms. The number of nitrogens with zero attached hydrogens (tertiary/aromatic N) is 1. The van der Waals surface area contributed by atoms with Gasteiger partial charge in [0.25, 0.3) is 0 Å². The summed E-state index contributed by atoms with van der Waals surface area (Å²) >= 11 is 0. The summed E-state index contributed by atoms with van der Waals surface area (Å²) in [6.07, 6.45) is 5.04. The molecular formula is C27H31N3O4. The number of hydrogen-bond donors (Lipinski definition) is 3. The Morgan fingerprint density at radius 2 is 1.76 bits per heavy atom.